The maximum Gasteiger partial charge on any atom is 0.0978 e. The molecule has 10 aromatic heterocycles. The molecule has 23 aromatic rings. The third kappa shape index (κ3) is 12.0. The minimum absolute atomic E-state index is 0.826. The molecule has 0 unspecified atom stereocenters. The van der Waals surface area contributed by atoms with Gasteiger partial charge in [0.25, 0.3) is 0 Å². The van der Waals surface area contributed by atoms with Crippen LogP contribution < -0.4 is 0 Å². The lowest BCUT2D eigenvalue weighted by Gasteiger charge is -2.16. The van der Waals surface area contributed by atoms with Gasteiger partial charge in [-0.05, 0) is 225 Å². The molecule has 0 bridgehead atoms. The highest BCUT2D eigenvalue weighted by molar-refractivity contribution is 6.26. The van der Waals surface area contributed by atoms with Gasteiger partial charge in [-0.3, -0.25) is 19.9 Å². The van der Waals surface area contributed by atoms with Crippen LogP contribution >= 0.6 is 0 Å². The molecule has 0 saturated carbocycles. The van der Waals surface area contributed by atoms with Gasteiger partial charge in [0, 0.05) is 116 Å². The van der Waals surface area contributed by atoms with Gasteiger partial charge in [-0.2, -0.15) is 0 Å². The minimum atomic E-state index is 0.826. The molecule has 0 atom stereocenters. The number of benzene rings is 13. The van der Waals surface area contributed by atoms with Crippen molar-refractivity contribution in [1.82, 2.24) is 49.8 Å². The Balaban J connectivity index is 0.598. The number of fused-ring (bicyclic) bond motifs is 9. The van der Waals surface area contributed by atoms with E-state index >= 15 is 0 Å². The minimum Gasteiger partial charge on any atom is -0.264 e. The van der Waals surface area contributed by atoms with Gasteiger partial charge in [-0.15, -0.1) is 0 Å². The third-order valence-corrected chi connectivity index (χ3v) is 23.3. The molecular formula is C108H64N10. The van der Waals surface area contributed by atoms with Crippen LogP contribution in [0, 0.1) is 0 Å². The van der Waals surface area contributed by atoms with Gasteiger partial charge < -0.3 is 0 Å². The Bertz CT molecular complexity index is 7810. The fourth-order valence-corrected chi connectivity index (χ4v) is 17.4. The van der Waals surface area contributed by atoms with E-state index in [9.17, 15) is 0 Å². The van der Waals surface area contributed by atoms with Crippen LogP contribution in [0.2, 0.25) is 0 Å². The summed E-state index contributed by atoms with van der Waals surface area (Å²) in [4.78, 5) is 50.0. The van der Waals surface area contributed by atoms with Crippen LogP contribution in [0.3, 0.4) is 0 Å². The highest BCUT2D eigenvalue weighted by Gasteiger charge is 2.21. The van der Waals surface area contributed by atoms with Crippen molar-refractivity contribution in [3.63, 3.8) is 0 Å². The van der Waals surface area contributed by atoms with Crippen LogP contribution in [0.5, 0.6) is 0 Å². The highest BCUT2D eigenvalue weighted by Crippen LogP contribution is 2.45. The number of pyridine rings is 10. The van der Waals surface area contributed by atoms with E-state index in [-0.39, 0.29) is 0 Å². The van der Waals surface area contributed by atoms with Crippen molar-refractivity contribution in [3.05, 3.63) is 389 Å². The average Bonchev–Trinajstić information content (AvgIpc) is 0.741. The third-order valence-electron chi connectivity index (χ3n) is 23.3. The zero-order valence-electron chi connectivity index (χ0n) is 63.4. The first-order chi connectivity index (χ1) is 58.4. The Morgan fingerprint density at radius 2 is 0.525 bits per heavy atom. The van der Waals surface area contributed by atoms with Gasteiger partial charge >= 0.3 is 0 Å². The van der Waals surface area contributed by atoms with E-state index in [1.807, 2.05) is 73.3 Å². The molecule has 10 heteroatoms. The monoisotopic (exact) mass is 1500 g/mol. The van der Waals surface area contributed by atoms with E-state index in [2.05, 4.69) is 311 Å². The van der Waals surface area contributed by atoms with Crippen molar-refractivity contribution in [3.8, 4) is 146 Å². The number of hydrogen-bond donors (Lipinski definition) is 0. The summed E-state index contributed by atoms with van der Waals surface area (Å²) in [6, 6.07) is 122. The lowest BCUT2D eigenvalue weighted by Crippen LogP contribution is -1.94. The first-order valence-corrected chi connectivity index (χ1v) is 39.6. The SMILES string of the molecule is c1cncc(-c2cc(-c3ccc(-c4cc(-c5ccc6cc(-c7ccc(-c8ccc9ccc%10ccc(-c%11cccc(-c%12cc(-c%13cccnc%13)nc(-c%13cccnc%13)c%12)c%11)nc%10c9n8)cc7)c7ccccc7c6c5)c5ccc6ccc(-c7ccc(-c8ccc9ccc%10cccc%11ccc8c9c%10%11)cc7)nc6c5n4)cc3)cc(-c3cccnc3)n2)c1. The van der Waals surface area contributed by atoms with E-state index in [1.165, 1.54) is 37.9 Å². The Hall–Kier alpha value is -16.0. The molecule has 0 aliphatic rings. The van der Waals surface area contributed by atoms with E-state index in [4.69, 9.17) is 29.9 Å². The van der Waals surface area contributed by atoms with Crippen molar-refractivity contribution >= 4 is 97.5 Å². The largest absolute Gasteiger partial charge is 0.264 e. The molecule has 0 aliphatic carbocycles. The van der Waals surface area contributed by atoms with Crippen LogP contribution in [0.1, 0.15) is 0 Å². The van der Waals surface area contributed by atoms with Gasteiger partial charge in [-0.25, -0.2) is 29.9 Å². The lowest BCUT2D eigenvalue weighted by molar-refractivity contribution is 1.26. The second kappa shape index (κ2) is 28.0. The molecule has 23 rings (SSSR count). The molecule has 10 nitrogen and oxygen atoms in total. The van der Waals surface area contributed by atoms with E-state index in [0.29, 0.717) is 0 Å². The van der Waals surface area contributed by atoms with E-state index in [1.54, 1.807) is 24.8 Å². The first kappa shape index (κ1) is 67.6. The summed E-state index contributed by atoms with van der Waals surface area (Å²) in [5.41, 5.74) is 28.8. The maximum absolute atomic E-state index is 5.67. The Labute approximate surface area is 677 Å². The number of aromatic nitrogens is 10. The molecule has 0 radical (unpaired) electrons. The summed E-state index contributed by atoms with van der Waals surface area (Å²) in [6.45, 7) is 0. The predicted octanol–water partition coefficient (Wildman–Crippen LogP) is 27.1. The predicted molar refractivity (Wildman–Crippen MR) is 484 cm³/mol. The zero-order chi connectivity index (χ0) is 77.7. The smallest absolute Gasteiger partial charge is 0.0978 e. The Morgan fingerprint density at radius 1 is 0.144 bits per heavy atom. The van der Waals surface area contributed by atoms with Crippen molar-refractivity contribution in [2.24, 2.45) is 0 Å². The fraction of sp³-hybridized carbons (Fsp3) is 0. The first-order valence-electron chi connectivity index (χ1n) is 39.6. The number of nitrogens with zero attached hydrogens (tertiary/aromatic N) is 10. The molecule has 0 aliphatic heterocycles. The van der Waals surface area contributed by atoms with E-state index < -0.39 is 0 Å². The van der Waals surface area contributed by atoms with E-state index in [0.717, 1.165) is 205 Å². The summed E-state index contributed by atoms with van der Waals surface area (Å²) in [5.74, 6) is 0. The van der Waals surface area contributed by atoms with Crippen LogP contribution in [-0.4, -0.2) is 49.8 Å². The van der Waals surface area contributed by atoms with Crippen molar-refractivity contribution in [1.29, 1.82) is 0 Å². The van der Waals surface area contributed by atoms with Crippen LogP contribution in [0.4, 0.5) is 0 Å². The van der Waals surface area contributed by atoms with Crippen molar-refractivity contribution < 1.29 is 0 Å². The molecule has 0 fully saturated rings. The van der Waals surface area contributed by atoms with Crippen LogP contribution in [-0.2, 0) is 0 Å². The van der Waals surface area contributed by atoms with Gasteiger partial charge in [0.15, 0.2) is 0 Å². The summed E-state index contributed by atoms with van der Waals surface area (Å²) in [5, 5.41) is 16.3. The molecule has 0 N–H and O–H groups in total. The molecule has 0 spiro atoms. The van der Waals surface area contributed by atoms with Gasteiger partial charge in [0.05, 0.1) is 67.6 Å². The number of hydrogen-bond acceptors (Lipinski definition) is 10. The Kier molecular flexibility index (Phi) is 16.0. The van der Waals surface area contributed by atoms with Gasteiger partial charge in [0.2, 0.25) is 0 Å². The molecule has 13 aromatic carbocycles. The van der Waals surface area contributed by atoms with Gasteiger partial charge in [-0.1, -0.05) is 224 Å². The summed E-state index contributed by atoms with van der Waals surface area (Å²) < 4.78 is 0. The van der Waals surface area contributed by atoms with Crippen LogP contribution in [0.15, 0.2) is 389 Å². The molecular weight excluding hydrogens is 1440 g/mol. The normalized spacial score (nSPS) is 11.7. The second-order valence-electron chi connectivity index (χ2n) is 30.3. The Morgan fingerprint density at radius 3 is 1.08 bits per heavy atom. The molecule has 118 heavy (non-hydrogen) atoms. The zero-order valence-corrected chi connectivity index (χ0v) is 63.4. The standard InChI is InChI=1S/C108H64N10/c1-2-18-89-88(17-1)92(67-23-29-69(30-24-67)95-46-40-74-33-34-75-42-48-97(117-106(75)105(74)115-95)80-12-4-11-77(53-80)86-58-100(83-15-7-51-111-63-83)114-101(59-86)84-16-8-52-112-64-84)54-78-35-36-79(55-93(78)89)94-60-102(70-25-19-65(20-26-70)85-56-98(81-13-5-49-109-61-81)113-99(57-85)82-14-6-50-110-62-82)118-108-91(94)45-39-76-41-47-96(116-107(76)108)68-27-21-66(22-28-68)87-43-37-73-32-31-71-9-3-10-72-38-44-90(87)104(73)103(71)72/h1-64H. The van der Waals surface area contributed by atoms with Crippen molar-refractivity contribution in [2.75, 3.05) is 0 Å². The molecule has 546 valence electrons. The molecule has 0 saturated heterocycles. The van der Waals surface area contributed by atoms with Gasteiger partial charge in [0.1, 0.15) is 0 Å². The number of rotatable bonds is 13. The maximum atomic E-state index is 5.67. The molecule has 10 heterocycles. The highest BCUT2D eigenvalue weighted by atomic mass is 14.8. The quantitative estimate of drug-likeness (QED) is 0.103. The van der Waals surface area contributed by atoms with Crippen LogP contribution in [0.25, 0.3) is 243 Å². The fourth-order valence-electron chi connectivity index (χ4n) is 17.4. The summed E-state index contributed by atoms with van der Waals surface area (Å²) in [7, 11) is 0. The van der Waals surface area contributed by atoms with Crippen molar-refractivity contribution in [2.45, 2.75) is 0 Å². The second-order valence-corrected chi connectivity index (χ2v) is 30.3. The topological polar surface area (TPSA) is 129 Å². The average molecular weight is 1500 g/mol. The lowest BCUT2D eigenvalue weighted by atomic mass is 9.89. The summed E-state index contributed by atoms with van der Waals surface area (Å²) >= 11 is 0. The molecule has 0 amide bonds. The summed E-state index contributed by atoms with van der Waals surface area (Å²) in [6.07, 6.45) is 14.6.